The summed E-state index contributed by atoms with van der Waals surface area (Å²) in [5, 5.41) is 3.21. The van der Waals surface area contributed by atoms with Crippen molar-refractivity contribution < 1.29 is 4.79 Å². The molecule has 0 radical (unpaired) electrons. The topological polar surface area (TPSA) is 51.1 Å². The second kappa shape index (κ2) is 5.22. The Bertz CT molecular complexity index is 656. The predicted molar refractivity (Wildman–Crippen MR) is 89.2 cm³/mol. The van der Waals surface area contributed by atoms with Crippen molar-refractivity contribution >= 4 is 5.91 Å². The van der Waals surface area contributed by atoms with Gasteiger partial charge in [0.1, 0.15) is 0 Å². The lowest BCUT2D eigenvalue weighted by Gasteiger charge is -2.59. The van der Waals surface area contributed by atoms with Gasteiger partial charge in [-0.3, -0.25) is 9.59 Å². The van der Waals surface area contributed by atoms with Crippen molar-refractivity contribution in [3.8, 4) is 0 Å². The van der Waals surface area contributed by atoms with Gasteiger partial charge in [-0.2, -0.15) is 0 Å². The predicted octanol–water partition coefficient (Wildman–Crippen LogP) is 2.72. The van der Waals surface area contributed by atoms with Gasteiger partial charge in [0.05, 0.1) is 0 Å². The van der Waals surface area contributed by atoms with Gasteiger partial charge in [0, 0.05) is 30.9 Å². The maximum absolute atomic E-state index is 12.6. The van der Waals surface area contributed by atoms with Crippen molar-refractivity contribution in [2.75, 3.05) is 0 Å². The molecule has 0 aromatic carbocycles. The number of aromatic nitrogens is 1. The van der Waals surface area contributed by atoms with Crippen molar-refractivity contribution in [1.82, 2.24) is 9.88 Å². The number of amides is 1. The van der Waals surface area contributed by atoms with Crippen molar-refractivity contribution in [3.05, 3.63) is 34.2 Å². The van der Waals surface area contributed by atoms with Crippen LogP contribution in [0.15, 0.2) is 23.1 Å². The lowest BCUT2D eigenvalue weighted by molar-refractivity contribution is -0.0688. The third kappa shape index (κ3) is 2.52. The largest absolute Gasteiger partial charge is 0.349 e. The normalized spacial score (nSPS) is 36.0. The summed E-state index contributed by atoms with van der Waals surface area (Å²) >= 11 is 0. The monoisotopic (exact) mass is 314 g/mol. The van der Waals surface area contributed by atoms with Crippen LogP contribution >= 0.6 is 0 Å². The first-order chi connectivity index (χ1) is 10.9. The quantitative estimate of drug-likeness (QED) is 0.932. The number of nitrogens with zero attached hydrogens (tertiary/aromatic N) is 1. The van der Waals surface area contributed by atoms with E-state index >= 15 is 0 Å². The summed E-state index contributed by atoms with van der Waals surface area (Å²) in [4.78, 5) is 24.3. The van der Waals surface area contributed by atoms with E-state index in [1.165, 1.54) is 49.2 Å². The van der Waals surface area contributed by atoms with Crippen molar-refractivity contribution in [2.45, 2.75) is 51.5 Å². The van der Waals surface area contributed by atoms with E-state index in [-0.39, 0.29) is 17.5 Å². The number of hydrogen-bond acceptors (Lipinski definition) is 2. The van der Waals surface area contributed by atoms with Gasteiger partial charge in [0.2, 0.25) is 0 Å². The lowest BCUT2D eigenvalue weighted by atomic mass is 9.48. The second-order valence-electron chi connectivity index (χ2n) is 8.34. The first-order valence-electron chi connectivity index (χ1n) is 8.93. The molecule has 4 nitrogen and oxygen atoms in total. The summed E-state index contributed by atoms with van der Waals surface area (Å²) in [5.74, 6) is 2.53. The number of carbonyl (C=O) groups is 1. The lowest BCUT2D eigenvalue weighted by Crippen LogP contribution is -2.55. The molecule has 4 aliphatic carbocycles. The number of pyridine rings is 1. The fourth-order valence-electron chi connectivity index (χ4n) is 5.83. The van der Waals surface area contributed by atoms with Crippen LogP contribution in [-0.4, -0.2) is 16.5 Å². The molecule has 1 unspecified atom stereocenters. The first kappa shape index (κ1) is 15.0. The molecule has 0 spiro atoms. The summed E-state index contributed by atoms with van der Waals surface area (Å²) in [6.45, 7) is 2.17. The smallest absolute Gasteiger partial charge is 0.251 e. The summed E-state index contributed by atoms with van der Waals surface area (Å²) in [6.07, 6.45) is 9.72. The number of hydrogen-bond donors (Lipinski definition) is 1. The highest BCUT2D eigenvalue weighted by molar-refractivity contribution is 5.94. The zero-order valence-electron chi connectivity index (χ0n) is 14.0. The van der Waals surface area contributed by atoms with Gasteiger partial charge in [-0.05, 0) is 74.7 Å². The fourth-order valence-corrected chi connectivity index (χ4v) is 5.83. The Morgan fingerprint density at radius 2 is 1.78 bits per heavy atom. The van der Waals surface area contributed by atoms with Crippen molar-refractivity contribution in [3.63, 3.8) is 0 Å². The molecule has 1 amide bonds. The Balaban J connectivity index is 1.51. The molecule has 124 valence electrons. The SMILES string of the molecule is CC(NC(=O)c1ccn(C)c(=O)c1)C12CC3CC(CC(C3)C1)C2. The van der Waals surface area contributed by atoms with Crippen LogP contribution in [0.2, 0.25) is 0 Å². The minimum absolute atomic E-state index is 0.106. The Labute approximate surface area is 137 Å². The van der Waals surface area contributed by atoms with Crippen LogP contribution in [0.3, 0.4) is 0 Å². The van der Waals surface area contributed by atoms with E-state index in [0.717, 1.165) is 17.8 Å². The molecular formula is C19H26N2O2. The highest BCUT2D eigenvalue weighted by atomic mass is 16.2. The van der Waals surface area contributed by atoms with Gasteiger partial charge in [-0.15, -0.1) is 0 Å². The maximum atomic E-state index is 12.6. The molecule has 0 aliphatic heterocycles. The van der Waals surface area contributed by atoms with Crippen molar-refractivity contribution in [1.29, 1.82) is 0 Å². The van der Waals surface area contributed by atoms with Crippen LogP contribution < -0.4 is 10.9 Å². The number of carbonyl (C=O) groups excluding carboxylic acids is 1. The molecule has 1 N–H and O–H groups in total. The summed E-state index contributed by atoms with van der Waals surface area (Å²) < 4.78 is 1.49. The second-order valence-corrected chi connectivity index (χ2v) is 8.34. The standard InChI is InChI=1S/C19H26N2O2/c1-12(20-18(23)16-3-4-21(2)17(22)8-16)19-9-13-5-14(10-19)7-15(6-13)11-19/h3-4,8,12-15H,5-7,9-11H2,1-2H3,(H,20,23). The van der Waals surface area contributed by atoms with Gasteiger partial charge in [0.15, 0.2) is 0 Å². The van der Waals surface area contributed by atoms with Crippen LogP contribution in [0, 0.1) is 23.2 Å². The molecule has 4 heteroatoms. The Hall–Kier alpha value is -1.58. The van der Waals surface area contributed by atoms with E-state index in [1.54, 1.807) is 19.3 Å². The van der Waals surface area contributed by atoms with E-state index < -0.39 is 0 Å². The van der Waals surface area contributed by atoms with E-state index in [9.17, 15) is 9.59 Å². The highest BCUT2D eigenvalue weighted by Gasteiger charge is 2.53. The molecule has 4 saturated carbocycles. The molecule has 4 fully saturated rings. The molecule has 4 bridgehead atoms. The maximum Gasteiger partial charge on any atom is 0.251 e. The molecule has 1 heterocycles. The van der Waals surface area contributed by atoms with Crippen molar-refractivity contribution in [2.24, 2.45) is 30.2 Å². The molecular weight excluding hydrogens is 288 g/mol. The minimum Gasteiger partial charge on any atom is -0.349 e. The Morgan fingerprint density at radius 1 is 1.22 bits per heavy atom. The van der Waals surface area contributed by atoms with E-state index in [2.05, 4.69) is 12.2 Å². The molecule has 4 aliphatic rings. The van der Waals surface area contributed by atoms with Gasteiger partial charge < -0.3 is 9.88 Å². The molecule has 0 saturated heterocycles. The first-order valence-corrected chi connectivity index (χ1v) is 8.93. The van der Waals surface area contributed by atoms with Crippen LogP contribution in [0.1, 0.15) is 55.8 Å². The third-order valence-corrected chi connectivity index (χ3v) is 6.72. The molecule has 1 atom stereocenters. The summed E-state index contributed by atoms with van der Waals surface area (Å²) in [6, 6.07) is 3.35. The van der Waals surface area contributed by atoms with Gasteiger partial charge >= 0.3 is 0 Å². The Kier molecular flexibility index (Phi) is 3.40. The molecule has 23 heavy (non-hydrogen) atoms. The van der Waals surface area contributed by atoms with Crippen LogP contribution in [0.4, 0.5) is 0 Å². The van der Waals surface area contributed by atoms with Gasteiger partial charge in [-0.25, -0.2) is 0 Å². The minimum atomic E-state index is -0.139. The van der Waals surface area contributed by atoms with E-state index in [1.807, 2.05) is 0 Å². The zero-order valence-corrected chi connectivity index (χ0v) is 14.0. The number of nitrogens with one attached hydrogen (secondary N) is 1. The average Bonchev–Trinajstić information content (AvgIpc) is 2.48. The van der Waals surface area contributed by atoms with Crippen LogP contribution in [-0.2, 0) is 7.05 Å². The van der Waals surface area contributed by atoms with Crippen LogP contribution in [0.25, 0.3) is 0 Å². The van der Waals surface area contributed by atoms with Gasteiger partial charge in [0.25, 0.3) is 11.5 Å². The fraction of sp³-hybridized carbons (Fsp3) is 0.684. The van der Waals surface area contributed by atoms with Gasteiger partial charge in [-0.1, -0.05) is 0 Å². The molecule has 5 rings (SSSR count). The molecule has 1 aromatic heterocycles. The molecule has 1 aromatic rings. The van der Waals surface area contributed by atoms with E-state index in [4.69, 9.17) is 0 Å². The summed E-state index contributed by atoms with van der Waals surface area (Å²) in [7, 11) is 1.70. The van der Waals surface area contributed by atoms with E-state index in [0.29, 0.717) is 11.0 Å². The van der Waals surface area contributed by atoms with Crippen LogP contribution in [0.5, 0.6) is 0 Å². The highest BCUT2D eigenvalue weighted by Crippen LogP contribution is 2.61. The third-order valence-electron chi connectivity index (χ3n) is 6.72. The number of aryl methyl sites for hydroxylation is 1. The Morgan fingerprint density at radius 3 is 2.30 bits per heavy atom. The number of rotatable bonds is 3. The average molecular weight is 314 g/mol. The zero-order chi connectivity index (χ0) is 16.2. The summed E-state index contributed by atoms with van der Waals surface area (Å²) in [5.41, 5.74) is 0.634.